The summed E-state index contributed by atoms with van der Waals surface area (Å²) in [6.45, 7) is 11.4. The number of hydrogen-bond donors (Lipinski definition) is 1. The standard InChI is InChI=1S/C19H30N4/c1-19(2,3)14-18-21-16-13-15(20)7-8-17(16)23(18)12-11-22-9-5-4-6-10-22/h7-8,13H,4-6,9-12,14,20H2,1-3H3. The summed E-state index contributed by atoms with van der Waals surface area (Å²) in [7, 11) is 0. The Bertz CT molecular complexity index is 660. The van der Waals surface area contributed by atoms with E-state index in [9.17, 15) is 0 Å². The van der Waals surface area contributed by atoms with Crippen LogP contribution in [0.3, 0.4) is 0 Å². The van der Waals surface area contributed by atoms with Gasteiger partial charge in [-0.3, -0.25) is 0 Å². The summed E-state index contributed by atoms with van der Waals surface area (Å²) in [5, 5.41) is 0. The predicted octanol–water partition coefficient (Wildman–Crippen LogP) is 3.69. The Morgan fingerprint density at radius 3 is 2.52 bits per heavy atom. The Balaban J connectivity index is 1.86. The van der Waals surface area contributed by atoms with Crippen molar-refractivity contribution in [3.05, 3.63) is 24.0 Å². The fraction of sp³-hybridized carbons (Fsp3) is 0.632. The molecule has 2 heterocycles. The summed E-state index contributed by atoms with van der Waals surface area (Å²) in [6, 6.07) is 6.11. The lowest BCUT2D eigenvalue weighted by molar-refractivity contribution is 0.220. The average molecular weight is 314 g/mol. The van der Waals surface area contributed by atoms with Gasteiger partial charge in [0, 0.05) is 25.2 Å². The molecule has 0 saturated carbocycles. The van der Waals surface area contributed by atoms with E-state index >= 15 is 0 Å². The van der Waals surface area contributed by atoms with Gasteiger partial charge in [0.05, 0.1) is 11.0 Å². The number of fused-ring (bicyclic) bond motifs is 1. The topological polar surface area (TPSA) is 47.1 Å². The SMILES string of the molecule is CC(C)(C)Cc1nc2cc(N)ccc2n1CCN1CCCCC1. The number of rotatable bonds is 4. The van der Waals surface area contributed by atoms with Gasteiger partial charge in [0.25, 0.3) is 0 Å². The normalized spacial score (nSPS) is 17.0. The Morgan fingerprint density at radius 2 is 1.83 bits per heavy atom. The van der Waals surface area contributed by atoms with Crippen molar-refractivity contribution in [2.45, 2.75) is 53.0 Å². The lowest BCUT2D eigenvalue weighted by Crippen LogP contribution is -2.33. The second kappa shape index (κ2) is 6.52. The fourth-order valence-corrected chi connectivity index (χ4v) is 3.48. The van der Waals surface area contributed by atoms with E-state index in [2.05, 4.69) is 36.3 Å². The quantitative estimate of drug-likeness (QED) is 0.876. The average Bonchev–Trinajstić information content (AvgIpc) is 2.80. The van der Waals surface area contributed by atoms with Crippen molar-refractivity contribution >= 4 is 16.7 Å². The molecule has 0 bridgehead atoms. The maximum Gasteiger partial charge on any atom is 0.110 e. The molecule has 1 aromatic carbocycles. The first kappa shape index (κ1) is 16.3. The van der Waals surface area contributed by atoms with Gasteiger partial charge in [-0.05, 0) is 49.5 Å². The molecule has 4 nitrogen and oxygen atoms in total. The molecule has 23 heavy (non-hydrogen) atoms. The molecule has 2 aromatic rings. The molecule has 3 rings (SSSR count). The summed E-state index contributed by atoms with van der Waals surface area (Å²) < 4.78 is 2.41. The zero-order valence-electron chi connectivity index (χ0n) is 14.8. The van der Waals surface area contributed by atoms with E-state index in [1.165, 1.54) is 43.7 Å². The molecule has 126 valence electrons. The second-order valence-corrected chi connectivity index (χ2v) is 8.07. The van der Waals surface area contributed by atoms with Crippen LogP contribution in [0.15, 0.2) is 18.2 Å². The molecule has 4 heteroatoms. The van der Waals surface area contributed by atoms with Crippen LogP contribution in [0.25, 0.3) is 11.0 Å². The van der Waals surface area contributed by atoms with Gasteiger partial charge in [0.15, 0.2) is 0 Å². The molecule has 0 spiro atoms. The zero-order valence-corrected chi connectivity index (χ0v) is 14.8. The molecule has 2 N–H and O–H groups in total. The van der Waals surface area contributed by atoms with Crippen LogP contribution < -0.4 is 5.73 Å². The first-order valence-corrected chi connectivity index (χ1v) is 8.89. The number of imidazole rings is 1. The van der Waals surface area contributed by atoms with Crippen molar-refractivity contribution in [2.75, 3.05) is 25.4 Å². The van der Waals surface area contributed by atoms with Crippen molar-refractivity contribution in [3.63, 3.8) is 0 Å². The maximum absolute atomic E-state index is 5.94. The summed E-state index contributed by atoms with van der Waals surface area (Å²) in [5.41, 5.74) is 9.22. The minimum absolute atomic E-state index is 0.232. The lowest BCUT2D eigenvalue weighted by atomic mass is 9.92. The van der Waals surface area contributed by atoms with Crippen molar-refractivity contribution in [2.24, 2.45) is 5.41 Å². The van der Waals surface area contributed by atoms with Crippen LogP contribution in [0.1, 0.15) is 45.9 Å². The number of likely N-dealkylation sites (tertiary alicyclic amines) is 1. The summed E-state index contributed by atoms with van der Waals surface area (Å²) in [4.78, 5) is 7.48. The third-order valence-corrected chi connectivity index (χ3v) is 4.63. The molecule has 1 aromatic heterocycles. The molecule has 1 saturated heterocycles. The highest BCUT2D eigenvalue weighted by Crippen LogP contribution is 2.25. The highest BCUT2D eigenvalue weighted by molar-refractivity contribution is 5.79. The fourth-order valence-electron chi connectivity index (χ4n) is 3.48. The molecule has 0 radical (unpaired) electrons. The minimum Gasteiger partial charge on any atom is -0.399 e. The van der Waals surface area contributed by atoms with Gasteiger partial charge in [0.1, 0.15) is 5.82 Å². The van der Waals surface area contributed by atoms with Crippen LogP contribution in [0, 0.1) is 5.41 Å². The van der Waals surface area contributed by atoms with Crippen LogP contribution in [-0.2, 0) is 13.0 Å². The van der Waals surface area contributed by atoms with Crippen LogP contribution in [0.2, 0.25) is 0 Å². The molecule has 0 aliphatic carbocycles. The predicted molar refractivity (Wildman–Crippen MR) is 97.6 cm³/mol. The number of nitrogen functional groups attached to an aromatic ring is 1. The molecule has 1 aliphatic heterocycles. The first-order valence-electron chi connectivity index (χ1n) is 8.89. The molecule has 0 amide bonds. The number of aromatic nitrogens is 2. The van der Waals surface area contributed by atoms with Gasteiger partial charge in [0.2, 0.25) is 0 Å². The molecule has 0 atom stereocenters. The van der Waals surface area contributed by atoms with E-state index < -0.39 is 0 Å². The van der Waals surface area contributed by atoms with Crippen LogP contribution >= 0.6 is 0 Å². The van der Waals surface area contributed by atoms with Gasteiger partial charge in [-0.25, -0.2) is 4.98 Å². The highest BCUT2D eigenvalue weighted by Gasteiger charge is 2.19. The van der Waals surface area contributed by atoms with Gasteiger partial charge in [-0.1, -0.05) is 27.2 Å². The third kappa shape index (κ3) is 4.05. The van der Waals surface area contributed by atoms with Crippen LogP contribution in [0.5, 0.6) is 0 Å². The maximum atomic E-state index is 5.94. The number of anilines is 1. The van der Waals surface area contributed by atoms with Crippen molar-refractivity contribution < 1.29 is 0 Å². The number of nitrogens with zero attached hydrogens (tertiary/aromatic N) is 3. The number of hydrogen-bond acceptors (Lipinski definition) is 3. The summed E-state index contributed by atoms with van der Waals surface area (Å²) in [5.74, 6) is 1.19. The van der Waals surface area contributed by atoms with E-state index in [0.29, 0.717) is 0 Å². The van der Waals surface area contributed by atoms with Crippen molar-refractivity contribution in [1.82, 2.24) is 14.5 Å². The van der Waals surface area contributed by atoms with E-state index in [1.54, 1.807) is 0 Å². The van der Waals surface area contributed by atoms with E-state index in [-0.39, 0.29) is 5.41 Å². The summed E-state index contributed by atoms with van der Waals surface area (Å²) in [6.07, 6.45) is 5.06. The number of nitrogens with two attached hydrogens (primary N) is 1. The molecule has 1 aliphatic rings. The Labute approximate surface area is 139 Å². The van der Waals surface area contributed by atoms with E-state index in [0.717, 1.165) is 30.7 Å². The molecular weight excluding hydrogens is 284 g/mol. The Morgan fingerprint density at radius 1 is 1.09 bits per heavy atom. The second-order valence-electron chi connectivity index (χ2n) is 8.07. The van der Waals surface area contributed by atoms with Gasteiger partial charge in [-0.2, -0.15) is 0 Å². The molecular formula is C19H30N4. The monoisotopic (exact) mass is 314 g/mol. The van der Waals surface area contributed by atoms with Crippen LogP contribution in [0.4, 0.5) is 5.69 Å². The highest BCUT2D eigenvalue weighted by atomic mass is 15.2. The van der Waals surface area contributed by atoms with E-state index in [4.69, 9.17) is 10.7 Å². The largest absolute Gasteiger partial charge is 0.399 e. The smallest absolute Gasteiger partial charge is 0.110 e. The first-order chi connectivity index (χ1) is 10.9. The Kier molecular flexibility index (Phi) is 4.62. The molecule has 0 unspecified atom stereocenters. The van der Waals surface area contributed by atoms with Crippen molar-refractivity contribution in [3.8, 4) is 0 Å². The third-order valence-electron chi connectivity index (χ3n) is 4.63. The zero-order chi connectivity index (χ0) is 16.4. The minimum atomic E-state index is 0.232. The van der Waals surface area contributed by atoms with Gasteiger partial charge >= 0.3 is 0 Å². The van der Waals surface area contributed by atoms with E-state index in [1.807, 2.05) is 12.1 Å². The van der Waals surface area contributed by atoms with Gasteiger partial charge in [-0.15, -0.1) is 0 Å². The van der Waals surface area contributed by atoms with Gasteiger partial charge < -0.3 is 15.2 Å². The number of benzene rings is 1. The number of piperidine rings is 1. The summed E-state index contributed by atoms with van der Waals surface area (Å²) >= 11 is 0. The van der Waals surface area contributed by atoms with Crippen LogP contribution in [-0.4, -0.2) is 34.1 Å². The van der Waals surface area contributed by atoms with Crippen molar-refractivity contribution in [1.29, 1.82) is 0 Å². The molecule has 1 fully saturated rings. The Hall–Kier alpha value is -1.55. The lowest BCUT2D eigenvalue weighted by Gasteiger charge is -2.27.